The van der Waals surface area contributed by atoms with Gasteiger partial charge >= 0.3 is 0 Å². The zero-order valence-electron chi connectivity index (χ0n) is 14.0. The molecule has 0 spiro atoms. The molecule has 1 aliphatic rings. The zero-order valence-corrected chi connectivity index (χ0v) is 14.7. The fraction of sp³-hybridized carbons (Fsp3) is 0.611. The van der Waals surface area contributed by atoms with Crippen LogP contribution in [0.5, 0.6) is 11.5 Å². The summed E-state index contributed by atoms with van der Waals surface area (Å²) in [6, 6.07) is 3.65. The quantitative estimate of drug-likeness (QED) is 0.790. The van der Waals surface area contributed by atoms with E-state index in [2.05, 4.69) is 5.32 Å². The molecule has 2 rings (SSSR count). The molecule has 0 atom stereocenters. The molecule has 1 fully saturated rings. The summed E-state index contributed by atoms with van der Waals surface area (Å²) >= 11 is 6.31. The third-order valence-corrected chi connectivity index (χ3v) is 4.24. The summed E-state index contributed by atoms with van der Waals surface area (Å²) in [5.41, 5.74) is 0.521. The molecule has 0 saturated heterocycles. The molecule has 0 unspecified atom stereocenters. The maximum absolute atomic E-state index is 12.5. The average molecular weight is 340 g/mol. The maximum Gasteiger partial charge on any atom is 0.251 e. The summed E-state index contributed by atoms with van der Waals surface area (Å²) in [6.45, 7) is 4.98. The summed E-state index contributed by atoms with van der Waals surface area (Å²) in [6.07, 6.45) is 6.60. The Morgan fingerprint density at radius 3 is 2.61 bits per heavy atom. The standard InChI is InChI=1S/C18H26ClNO3/c1-3-10-23-17-15(19)11-13(12-16(17)22-4-2)18(21)20-14-8-6-5-7-9-14/h11-12,14H,3-10H2,1-2H3,(H,20,21). The van der Waals surface area contributed by atoms with Crippen LogP contribution in [0.2, 0.25) is 5.02 Å². The topological polar surface area (TPSA) is 47.6 Å². The van der Waals surface area contributed by atoms with E-state index in [1.807, 2.05) is 13.8 Å². The van der Waals surface area contributed by atoms with Crippen LogP contribution >= 0.6 is 11.6 Å². The van der Waals surface area contributed by atoms with Gasteiger partial charge in [-0.2, -0.15) is 0 Å². The van der Waals surface area contributed by atoms with Crippen molar-refractivity contribution in [2.75, 3.05) is 13.2 Å². The van der Waals surface area contributed by atoms with Gasteiger partial charge in [0, 0.05) is 11.6 Å². The summed E-state index contributed by atoms with van der Waals surface area (Å²) in [4.78, 5) is 12.5. The second-order valence-electron chi connectivity index (χ2n) is 5.88. The second-order valence-corrected chi connectivity index (χ2v) is 6.28. The molecule has 1 aliphatic carbocycles. The molecule has 0 bridgehead atoms. The number of benzene rings is 1. The van der Waals surface area contributed by atoms with Gasteiger partial charge in [0.05, 0.1) is 18.2 Å². The number of rotatable bonds is 7. The summed E-state index contributed by atoms with van der Waals surface area (Å²) in [5, 5.41) is 3.52. The monoisotopic (exact) mass is 339 g/mol. The highest BCUT2D eigenvalue weighted by Gasteiger charge is 2.20. The van der Waals surface area contributed by atoms with Crippen molar-refractivity contribution in [3.8, 4) is 11.5 Å². The van der Waals surface area contributed by atoms with Crippen molar-refractivity contribution >= 4 is 17.5 Å². The molecule has 23 heavy (non-hydrogen) atoms. The highest BCUT2D eigenvalue weighted by atomic mass is 35.5. The van der Waals surface area contributed by atoms with Gasteiger partial charge in [0.2, 0.25) is 0 Å². The van der Waals surface area contributed by atoms with Crippen LogP contribution in [-0.4, -0.2) is 25.2 Å². The Kier molecular flexibility index (Phi) is 7.03. The molecule has 0 aromatic heterocycles. The number of hydrogen-bond donors (Lipinski definition) is 1. The predicted octanol–water partition coefficient (Wildman–Crippen LogP) is 4.59. The Labute approximate surface area is 143 Å². The highest BCUT2D eigenvalue weighted by molar-refractivity contribution is 6.32. The number of nitrogens with one attached hydrogen (secondary N) is 1. The van der Waals surface area contributed by atoms with Crippen molar-refractivity contribution in [2.45, 2.75) is 58.4 Å². The molecule has 1 N–H and O–H groups in total. The molecule has 128 valence electrons. The normalized spacial score (nSPS) is 15.3. The van der Waals surface area contributed by atoms with Gasteiger partial charge < -0.3 is 14.8 Å². The van der Waals surface area contributed by atoms with Crippen LogP contribution in [0.4, 0.5) is 0 Å². The van der Waals surface area contributed by atoms with E-state index in [4.69, 9.17) is 21.1 Å². The van der Waals surface area contributed by atoms with Crippen LogP contribution in [0, 0.1) is 0 Å². The Bertz CT molecular complexity index is 527. The minimum atomic E-state index is -0.0956. The van der Waals surface area contributed by atoms with Crippen LogP contribution in [0.3, 0.4) is 0 Å². The summed E-state index contributed by atoms with van der Waals surface area (Å²) < 4.78 is 11.3. The molecule has 1 aromatic carbocycles. The van der Waals surface area contributed by atoms with E-state index in [1.165, 1.54) is 19.3 Å². The van der Waals surface area contributed by atoms with Crippen molar-refractivity contribution in [3.05, 3.63) is 22.7 Å². The van der Waals surface area contributed by atoms with E-state index in [-0.39, 0.29) is 11.9 Å². The fourth-order valence-corrected chi connectivity index (χ4v) is 3.09. The lowest BCUT2D eigenvalue weighted by Crippen LogP contribution is -2.36. The van der Waals surface area contributed by atoms with E-state index in [0.717, 1.165) is 19.3 Å². The van der Waals surface area contributed by atoms with Gasteiger partial charge in [0.25, 0.3) is 5.91 Å². The number of ether oxygens (including phenoxy) is 2. The van der Waals surface area contributed by atoms with E-state index < -0.39 is 0 Å². The Balaban J connectivity index is 2.15. The molecule has 1 saturated carbocycles. The van der Waals surface area contributed by atoms with Crippen molar-refractivity contribution in [1.82, 2.24) is 5.32 Å². The number of amides is 1. The lowest BCUT2D eigenvalue weighted by atomic mass is 9.95. The van der Waals surface area contributed by atoms with Gasteiger partial charge in [-0.25, -0.2) is 0 Å². The van der Waals surface area contributed by atoms with Gasteiger partial charge in [-0.3, -0.25) is 4.79 Å². The minimum absolute atomic E-state index is 0.0956. The van der Waals surface area contributed by atoms with Crippen LogP contribution in [-0.2, 0) is 0 Å². The molecule has 4 nitrogen and oxygen atoms in total. The Morgan fingerprint density at radius 2 is 1.96 bits per heavy atom. The van der Waals surface area contributed by atoms with Crippen molar-refractivity contribution in [3.63, 3.8) is 0 Å². The lowest BCUT2D eigenvalue weighted by molar-refractivity contribution is 0.0927. The predicted molar refractivity (Wildman–Crippen MR) is 92.7 cm³/mol. The van der Waals surface area contributed by atoms with Crippen molar-refractivity contribution < 1.29 is 14.3 Å². The molecule has 0 radical (unpaired) electrons. The molecular weight excluding hydrogens is 314 g/mol. The first-order valence-electron chi connectivity index (χ1n) is 8.55. The van der Waals surface area contributed by atoms with Crippen LogP contribution in [0.25, 0.3) is 0 Å². The first-order chi connectivity index (χ1) is 11.2. The number of hydrogen-bond acceptors (Lipinski definition) is 3. The van der Waals surface area contributed by atoms with Crippen LogP contribution in [0.15, 0.2) is 12.1 Å². The van der Waals surface area contributed by atoms with E-state index >= 15 is 0 Å². The lowest BCUT2D eigenvalue weighted by Gasteiger charge is -2.23. The summed E-state index contributed by atoms with van der Waals surface area (Å²) in [5.74, 6) is 0.952. The first-order valence-corrected chi connectivity index (χ1v) is 8.93. The van der Waals surface area contributed by atoms with E-state index in [0.29, 0.717) is 35.3 Å². The van der Waals surface area contributed by atoms with Crippen LogP contribution < -0.4 is 14.8 Å². The van der Waals surface area contributed by atoms with Gasteiger partial charge in [-0.15, -0.1) is 0 Å². The highest BCUT2D eigenvalue weighted by Crippen LogP contribution is 2.37. The first kappa shape index (κ1) is 17.9. The van der Waals surface area contributed by atoms with Gasteiger partial charge in [0.1, 0.15) is 0 Å². The average Bonchev–Trinajstić information content (AvgIpc) is 2.55. The van der Waals surface area contributed by atoms with Gasteiger partial charge in [-0.05, 0) is 38.3 Å². The molecule has 1 amide bonds. The Hall–Kier alpha value is -1.42. The summed E-state index contributed by atoms with van der Waals surface area (Å²) in [7, 11) is 0. The Morgan fingerprint density at radius 1 is 1.22 bits per heavy atom. The number of carbonyl (C=O) groups is 1. The van der Waals surface area contributed by atoms with Crippen molar-refractivity contribution in [1.29, 1.82) is 0 Å². The van der Waals surface area contributed by atoms with Crippen molar-refractivity contribution in [2.24, 2.45) is 0 Å². The number of halogens is 1. The molecule has 0 heterocycles. The SMILES string of the molecule is CCCOc1c(Cl)cc(C(=O)NC2CCCCC2)cc1OCC. The largest absolute Gasteiger partial charge is 0.490 e. The number of carbonyl (C=O) groups excluding carboxylic acids is 1. The fourth-order valence-electron chi connectivity index (χ4n) is 2.82. The third-order valence-electron chi connectivity index (χ3n) is 3.96. The molecule has 5 heteroatoms. The van der Waals surface area contributed by atoms with E-state index in [1.54, 1.807) is 12.1 Å². The van der Waals surface area contributed by atoms with Gasteiger partial charge in [0.15, 0.2) is 11.5 Å². The molecule has 0 aliphatic heterocycles. The van der Waals surface area contributed by atoms with Gasteiger partial charge in [-0.1, -0.05) is 37.8 Å². The van der Waals surface area contributed by atoms with Crippen LogP contribution in [0.1, 0.15) is 62.7 Å². The smallest absolute Gasteiger partial charge is 0.251 e. The minimum Gasteiger partial charge on any atom is -0.490 e. The molecule has 1 aromatic rings. The second kappa shape index (κ2) is 9.02. The third kappa shape index (κ3) is 5.03. The van der Waals surface area contributed by atoms with E-state index in [9.17, 15) is 4.79 Å². The zero-order chi connectivity index (χ0) is 16.7. The maximum atomic E-state index is 12.5. The molecular formula is C18H26ClNO3.